The normalized spacial score (nSPS) is 13.4. The van der Waals surface area contributed by atoms with Crippen LogP contribution in [0.4, 0.5) is 0 Å². The van der Waals surface area contributed by atoms with E-state index in [1.165, 1.54) is 0 Å². The number of hydrogen-bond acceptors (Lipinski definition) is 2. The number of nitrogens with zero attached hydrogens (tertiary/aromatic N) is 1. The molecule has 2 aromatic rings. The van der Waals surface area contributed by atoms with Gasteiger partial charge in [-0.2, -0.15) is 5.26 Å². The summed E-state index contributed by atoms with van der Waals surface area (Å²) in [6.45, 7) is 0. The van der Waals surface area contributed by atoms with Gasteiger partial charge in [-0.05, 0) is 11.1 Å². The molecular formula is C16H9NO. The molecule has 0 N–H and O–H groups in total. The van der Waals surface area contributed by atoms with E-state index in [1.54, 1.807) is 6.07 Å². The molecule has 0 bridgehead atoms. The van der Waals surface area contributed by atoms with Gasteiger partial charge in [-0.25, -0.2) is 0 Å². The van der Waals surface area contributed by atoms with E-state index in [-0.39, 0.29) is 11.4 Å². The Hall–Kier alpha value is -2.66. The van der Waals surface area contributed by atoms with Crippen molar-refractivity contribution in [2.75, 3.05) is 0 Å². The minimum atomic E-state index is -0.174. The molecular weight excluding hydrogens is 222 g/mol. The second-order valence-electron chi connectivity index (χ2n) is 4.10. The van der Waals surface area contributed by atoms with Crippen molar-refractivity contribution in [2.45, 2.75) is 0 Å². The van der Waals surface area contributed by atoms with Gasteiger partial charge < -0.3 is 0 Å². The zero-order valence-corrected chi connectivity index (χ0v) is 9.55. The highest BCUT2D eigenvalue weighted by Gasteiger charge is 2.29. The number of ketones is 1. The minimum Gasteiger partial charge on any atom is -0.288 e. The summed E-state index contributed by atoms with van der Waals surface area (Å²) in [5.74, 6) is -0.174. The second kappa shape index (κ2) is 3.97. The molecule has 0 unspecified atom stereocenters. The monoisotopic (exact) mass is 231 g/mol. The maximum Gasteiger partial charge on any atom is 0.204 e. The Labute approximate surface area is 105 Å². The molecule has 0 aromatic heterocycles. The van der Waals surface area contributed by atoms with Crippen molar-refractivity contribution in [1.29, 1.82) is 5.26 Å². The highest BCUT2D eigenvalue weighted by molar-refractivity contribution is 6.25. The van der Waals surface area contributed by atoms with Gasteiger partial charge in [0.05, 0.1) is 0 Å². The van der Waals surface area contributed by atoms with Crippen molar-refractivity contribution < 1.29 is 4.79 Å². The van der Waals surface area contributed by atoms with Crippen LogP contribution in [0.15, 0.2) is 60.2 Å². The average Bonchev–Trinajstić information content (AvgIpc) is 2.73. The minimum absolute atomic E-state index is 0.174. The van der Waals surface area contributed by atoms with E-state index in [9.17, 15) is 10.1 Å². The average molecular weight is 231 g/mol. The molecule has 1 aliphatic carbocycles. The van der Waals surface area contributed by atoms with Crippen LogP contribution >= 0.6 is 0 Å². The van der Waals surface area contributed by atoms with Gasteiger partial charge in [-0.1, -0.05) is 54.6 Å². The van der Waals surface area contributed by atoms with Crippen LogP contribution < -0.4 is 0 Å². The second-order valence-corrected chi connectivity index (χ2v) is 4.10. The third kappa shape index (κ3) is 1.38. The summed E-state index contributed by atoms with van der Waals surface area (Å²) >= 11 is 0. The van der Waals surface area contributed by atoms with Crippen molar-refractivity contribution in [3.8, 4) is 6.07 Å². The number of Topliss-reactive ketones (excluding diaryl/α,β-unsaturated/α-hetero) is 1. The summed E-state index contributed by atoms with van der Waals surface area (Å²) in [4.78, 5) is 12.1. The van der Waals surface area contributed by atoms with Crippen LogP contribution in [-0.2, 0) is 0 Å². The van der Waals surface area contributed by atoms with E-state index in [0.29, 0.717) is 5.56 Å². The molecule has 0 saturated heterocycles. The predicted molar refractivity (Wildman–Crippen MR) is 68.8 cm³/mol. The third-order valence-electron chi connectivity index (χ3n) is 3.09. The molecule has 0 spiro atoms. The fraction of sp³-hybridized carbons (Fsp3) is 0. The van der Waals surface area contributed by atoms with Gasteiger partial charge in [0, 0.05) is 11.1 Å². The first-order chi connectivity index (χ1) is 8.83. The number of rotatable bonds is 1. The zero-order chi connectivity index (χ0) is 12.5. The predicted octanol–water partition coefficient (Wildman–Crippen LogP) is 3.21. The summed E-state index contributed by atoms with van der Waals surface area (Å²) in [5.41, 5.74) is 3.37. The molecule has 0 atom stereocenters. The highest BCUT2D eigenvalue weighted by atomic mass is 16.1. The van der Waals surface area contributed by atoms with Crippen LogP contribution in [0, 0.1) is 11.3 Å². The highest BCUT2D eigenvalue weighted by Crippen LogP contribution is 2.36. The molecule has 2 heteroatoms. The molecule has 0 amide bonds. The first kappa shape index (κ1) is 10.5. The Morgan fingerprint density at radius 2 is 1.44 bits per heavy atom. The molecule has 1 aliphatic rings. The number of carbonyl (C=O) groups excluding carboxylic acids is 1. The van der Waals surface area contributed by atoms with Crippen molar-refractivity contribution in [3.05, 3.63) is 76.9 Å². The Bertz CT molecular complexity index is 705. The smallest absolute Gasteiger partial charge is 0.204 e. The number of nitriles is 1. The summed E-state index contributed by atoms with van der Waals surface area (Å²) in [7, 11) is 0. The van der Waals surface area contributed by atoms with Crippen LogP contribution in [0.1, 0.15) is 21.5 Å². The van der Waals surface area contributed by atoms with E-state index in [1.807, 2.05) is 54.6 Å². The number of allylic oxidation sites excluding steroid dienone is 1. The molecule has 0 radical (unpaired) electrons. The van der Waals surface area contributed by atoms with Crippen LogP contribution in [-0.4, -0.2) is 5.78 Å². The van der Waals surface area contributed by atoms with Gasteiger partial charge in [0.25, 0.3) is 0 Å². The van der Waals surface area contributed by atoms with E-state index < -0.39 is 0 Å². The molecule has 0 saturated carbocycles. The molecule has 0 aliphatic heterocycles. The van der Waals surface area contributed by atoms with Gasteiger partial charge >= 0.3 is 0 Å². The van der Waals surface area contributed by atoms with Gasteiger partial charge in [0.2, 0.25) is 5.78 Å². The van der Waals surface area contributed by atoms with Crippen LogP contribution in [0.3, 0.4) is 0 Å². The zero-order valence-electron chi connectivity index (χ0n) is 9.55. The van der Waals surface area contributed by atoms with E-state index in [2.05, 4.69) is 0 Å². The summed E-state index contributed by atoms with van der Waals surface area (Å²) in [6.07, 6.45) is 0. The maximum absolute atomic E-state index is 12.1. The lowest BCUT2D eigenvalue weighted by atomic mass is 9.98. The number of hydrogen-bond donors (Lipinski definition) is 0. The van der Waals surface area contributed by atoms with Crippen LogP contribution in [0.25, 0.3) is 5.57 Å². The molecule has 18 heavy (non-hydrogen) atoms. The molecule has 84 valence electrons. The quantitative estimate of drug-likeness (QED) is 0.756. The fourth-order valence-corrected chi connectivity index (χ4v) is 2.29. The Morgan fingerprint density at radius 3 is 2.11 bits per heavy atom. The Balaban J connectivity index is 2.32. The standard InChI is InChI=1S/C16H9NO/c17-10-14-15(11-6-2-1-3-7-11)12-8-4-5-9-13(12)16(14)18/h1-9H. The first-order valence-electron chi connectivity index (χ1n) is 5.67. The van der Waals surface area contributed by atoms with Gasteiger partial charge in [0.15, 0.2) is 0 Å². The fourth-order valence-electron chi connectivity index (χ4n) is 2.29. The lowest BCUT2D eigenvalue weighted by Gasteiger charge is -2.04. The molecule has 2 nitrogen and oxygen atoms in total. The number of benzene rings is 2. The largest absolute Gasteiger partial charge is 0.288 e. The van der Waals surface area contributed by atoms with Crippen molar-refractivity contribution in [3.63, 3.8) is 0 Å². The van der Waals surface area contributed by atoms with E-state index in [4.69, 9.17) is 0 Å². The first-order valence-corrected chi connectivity index (χ1v) is 5.67. The van der Waals surface area contributed by atoms with Gasteiger partial charge in [-0.15, -0.1) is 0 Å². The topological polar surface area (TPSA) is 40.9 Å². The molecule has 2 aromatic carbocycles. The number of fused-ring (bicyclic) bond motifs is 1. The molecule has 3 rings (SSSR count). The lowest BCUT2D eigenvalue weighted by molar-refractivity contribution is 0.104. The van der Waals surface area contributed by atoms with E-state index >= 15 is 0 Å². The van der Waals surface area contributed by atoms with Crippen molar-refractivity contribution in [2.24, 2.45) is 0 Å². The van der Waals surface area contributed by atoms with Gasteiger partial charge in [-0.3, -0.25) is 4.79 Å². The summed E-state index contributed by atoms with van der Waals surface area (Å²) < 4.78 is 0. The van der Waals surface area contributed by atoms with Crippen LogP contribution in [0.2, 0.25) is 0 Å². The molecule has 0 fully saturated rings. The Morgan fingerprint density at radius 1 is 0.833 bits per heavy atom. The van der Waals surface area contributed by atoms with Gasteiger partial charge in [0.1, 0.15) is 11.6 Å². The maximum atomic E-state index is 12.1. The lowest BCUT2D eigenvalue weighted by Crippen LogP contribution is -1.95. The van der Waals surface area contributed by atoms with E-state index in [0.717, 1.165) is 16.7 Å². The van der Waals surface area contributed by atoms with Crippen molar-refractivity contribution in [1.82, 2.24) is 0 Å². The van der Waals surface area contributed by atoms with Crippen molar-refractivity contribution >= 4 is 11.4 Å². The SMILES string of the molecule is N#CC1=C(c2ccccc2)c2ccccc2C1=O. The summed E-state index contributed by atoms with van der Waals surface area (Å²) in [5, 5.41) is 9.21. The Kier molecular flexibility index (Phi) is 2.32. The number of carbonyl (C=O) groups is 1. The third-order valence-corrected chi connectivity index (χ3v) is 3.09. The summed E-state index contributed by atoms with van der Waals surface area (Å²) in [6, 6.07) is 19.0. The van der Waals surface area contributed by atoms with Crippen LogP contribution in [0.5, 0.6) is 0 Å². The molecule has 0 heterocycles.